The zero-order valence-corrected chi connectivity index (χ0v) is 10.8. The van der Waals surface area contributed by atoms with Gasteiger partial charge >= 0.3 is 0 Å². The molecule has 2 aromatic rings. The second-order valence-electron chi connectivity index (χ2n) is 4.03. The number of amides is 1. The summed E-state index contributed by atoms with van der Waals surface area (Å²) in [6.45, 7) is 0. The van der Waals surface area contributed by atoms with Gasteiger partial charge in [-0.2, -0.15) is 0 Å². The van der Waals surface area contributed by atoms with Crippen LogP contribution in [0.4, 0.5) is 5.69 Å². The van der Waals surface area contributed by atoms with E-state index in [0.717, 1.165) is 16.9 Å². The Kier molecular flexibility index (Phi) is 4.34. The van der Waals surface area contributed by atoms with Gasteiger partial charge in [0.05, 0.1) is 0 Å². The van der Waals surface area contributed by atoms with Crippen LogP contribution in [0.15, 0.2) is 66.7 Å². The van der Waals surface area contributed by atoms with Gasteiger partial charge in [-0.1, -0.05) is 48.5 Å². The summed E-state index contributed by atoms with van der Waals surface area (Å²) < 4.78 is 0. The van der Waals surface area contributed by atoms with Crippen LogP contribution >= 0.6 is 0 Å². The van der Waals surface area contributed by atoms with Crippen LogP contribution in [-0.2, 0) is 4.79 Å². The van der Waals surface area contributed by atoms with Crippen LogP contribution in [0, 0.1) is 0 Å². The van der Waals surface area contributed by atoms with Crippen LogP contribution in [-0.4, -0.2) is 13.0 Å². The number of benzene rings is 2. The molecule has 3 nitrogen and oxygen atoms in total. The molecule has 3 heteroatoms. The molecule has 0 aromatic heterocycles. The number of anilines is 1. The number of rotatable bonds is 4. The summed E-state index contributed by atoms with van der Waals surface area (Å²) in [5, 5.41) is 5.86. The Hall–Kier alpha value is -2.55. The molecule has 96 valence electrons. The van der Waals surface area contributed by atoms with E-state index in [0.29, 0.717) is 0 Å². The highest BCUT2D eigenvalue weighted by Gasteiger charge is 2.03. The summed E-state index contributed by atoms with van der Waals surface area (Å²) in [4.78, 5) is 11.9. The molecule has 1 amide bonds. The molecule has 0 aliphatic rings. The molecule has 0 saturated carbocycles. The Labute approximate surface area is 113 Å². The van der Waals surface area contributed by atoms with E-state index in [1.807, 2.05) is 60.7 Å². The Bertz CT molecular complexity index is 562. The number of nitrogens with one attached hydrogen (secondary N) is 2. The van der Waals surface area contributed by atoms with Crippen molar-refractivity contribution in [1.82, 2.24) is 5.32 Å². The summed E-state index contributed by atoms with van der Waals surface area (Å²) in [7, 11) is 1.80. The maximum absolute atomic E-state index is 11.9. The van der Waals surface area contributed by atoms with Crippen LogP contribution in [0.2, 0.25) is 0 Å². The van der Waals surface area contributed by atoms with E-state index in [4.69, 9.17) is 0 Å². The van der Waals surface area contributed by atoms with Gasteiger partial charge in [0.2, 0.25) is 5.91 Å². The molecule has 0 aliphatic heterocycles. The lowest BCUT2D eigenvalue weighted by molar-refractivity contribution is -0.111. The minimum atomic E-state index is -0.153. The van der Waals surface area contributed by atoms with Crippen LogP contribution in [0.25, 0.3) is 5.70 Å². The van der Waals surface area contributed by atoms with E-state index in [1.165, 1.54) is 0 Å². The zero-order chi connectivity index (χ0) is 13.5. The number of carbonyl (C=O) groups excluding carboxylic acids is 1. The third-order valence-corrected chi connectivity index (χ3v) is 2.67. The smallest absolute Gasteiger partial charge is 0.250 e. The molecule has 0 unspecified atom stereocenters. The van der Waals surface area contributed by atoms with Gasteiger partial charge in [0, 0.05) is 24.5 Å². The Balaban J connectivity index is 2.13. The first-order valence-electron chi connectivity index (χ1n) is 6.10. The highest BCUT2D eigenvalue weighted by Crippen LogP contribution is 2.11. The molecule has 0 spiro atoms. The third kappa shape index (κ3) is 3.71. The van der Waals surface area contributed by atoms with Gasteiger partial charge in [-0.15, -0.1) is 0 Å². The normalized spacial score (nSPS) is 10.9. The minimum absolute atomic E-state index is 0.153. The van der Waals surface area contributed by atoms with Gasteiger partial charge in [-0.05, 0) is 17.7 Å². The molecule has 2 rings (SSSR count). The quantitative estimate of drug-likeness (QED) is 0.821. The van der Waals surface area contributed by atoms with E-state index in [2.05, 4.69) is 10.6 Å². The molecule has 0 heterocycles. The Morgan fingerprint density at radius 3 is 2.11 bits per heavy atom. The zero-order valence-electron chi connectivity index (χ0n) is 10.8. The first-order valence-corrected chi connectivity index (χ1v) is 6.10. The minimum Gasteiger partial charge on any atom is -0.387 e. The lowest BCUT2D eigenvalue weighted by atomic mass is 10.1. The number of para-hydroxylation sites is 1. The second-order valence-corrected chi connectivity index (χ2v) is 4.03. The fourth-order valence-electron chi connectivity index (χ4n) is 1.75. The van der Waals surface area contributed by atoms with Crippen molar-refractivity contribution >= 4 is 17.3 Å². The molecule has 19 heavy (non-hydrogen) atoms. The summed E-state index contributed by atoms with van der Waals surface area (Å²) in [6.07, 6.45) is 1.56. The Morgan fingerprint density at radius 1 is 0.947 bits per heavy atom. The summed E-state index contributed by atoms with van der Waals surface area (Å²) in [5.74, 6) is -0.153. The van der Waals surface area contributed by atoms with Crippen LogP contribution in [0.1, 0.15) is 5.56 Å². The average Bonchev–Trinajstić information content (AvgIpc) is 2.47. The SMILES string of the molecule is CN/C(=C\C(=O)Nc1ccccc1)c1ccccc1. The summed E-state index contributed by atoms with van der Waals surface area (Å²) in [6, 6.07) is 19.1. The van der Waals surface area contributed by atoms with Crippen LogP contribution < -0.4 is 10.6 Å². The maximum Gasteiger partial charge on any atom is 0.250 e. The van der Waals surface area contributed by atoms with Gasteiger partial charge < -0.3 is 10.6 Å². The van der Waals surface area contributed by atoms with Crippen LogP contribution in [0.3, 0.4) is 0 Å². The predicted octanol–water partition coefficient (Wildman–Crippen LogP) is 2.89. The topological polar surface area (TPSA) is 41.1 Å². The van der Waals surface area contributed by atoms with Gasteiger partial charge in [0.1, 0.15) is 0 Å². The van der Waals surface area contributed by atoms with Crippen molar-refractivity contribution in [3.63, 3.8) is 0 Å². The van der Waals surface area contributed by atoms with E-state index in [-0.39, 0.29) is 5.91 Å². The lowest BCUT2D eigenvalue weighted by Gasteiger charge is -2.07. The molecule has 0 aliphatic carbocycles. The monoisotopic (exact) mass is 252 g/mol. The van der Waals surface area contributed by atoms with Gasteiger partial charge in [0.25, 0.3) is 0 Å². The molecular formula is C16H16N2O. The average molecular weight is 252 g/mol. The standard InChI is InChI=1S/C16H16N2O/c1-17-15(13-8-4-2-5-9-13)12-16(19)18-14-10-6-3-7-11-14/h2-12,17H,1H3,(H,18,19)/b15-12-. The number of carbonyl (C=O) groups is 1. The van der Waals surface area contributed by atoms with Crippen molar-refractivity contribution < 1.29 is 4.79 Å². The molecule has 0 bridgehead atoms. The maximum atomic E-state index is 11.9. The molecule has 0 fully saturated rings. The number of hydrogen-bond donors (Lipinski definition) is 2. The van der Waals surface area contributed by atoms with E-state index >= 15 is 0 Å². The van der Waals surface area contributed by atoms with Crippen molar-refractivity contribution in [2.75, 3.05) is 12.4 Å². The van der Waals surface area contributed by atoms with Gasteiger partial charge in [0.15, 0.2) is 0 Å². The van der Waals surface area contributed by atoms with Gasteiger partial charge in [-0.3, -0.25) is 4.79 Å². The van der Waals surface area contributed by atoms with Crippen molar-refractivity contribution in [1.29, 1.82) is 0 Å². The molecule has 0 atom stereocenters. The molecule has 0 radical (unpaired) electrons. The van der Waals surface area contributed by atoms with E-state index < -0.39 is 0 Å². The largest absolute Gasteiger partial charge is 0.387 e. The van der Waals surface area contributed by atoms with Crippen molar-refractivity contribution in [2.45, 2.75) is 0 Å². The second kappa shape index (κ2) is 6.40. The predicted molar refractivity (Wildman–Crippen MR) is 78.6 cm³/mol. The van der Waals surface area contributed by atoms with Crippen molar-refractivity contribution in [2.24, 2.45) is 0 Å². The highest BCUT2D eigenvalue weighted by molar-refractivity contribution is 6.03. The third-order valence-electron chi connectivity index (χ3n) is 2.67. The fourth-order valence-corrected chi connectivity index (χ4v) is 1.75. The highest BCUT2D eigenvalue weighted by atomic mass is 16.1. The van der Waals surface area contributed by atoms with Gasteiger partial charge in [-0.25, -0.2) is 0 Å². The van der Waals surface area contributed by atoms with E-state index in [9.17, 15) is 4.79 Å². The summed E-state index contributed by atoms with van der Waals surface area (Å²) in [5.41, 5.74) is 2.55. The Morgan fingerprint density at radius 2 is 1.53 bits per heavy atom. The number of hydrogen-bond acceptors (Lipinski definition) is 2. The lowest BCUT2D eigenvalue weighted by Crippen LogP contribution is -2.13. The first-order chi connectivity index (χ1) is 9.29. The fraction of sp³-hybridized carbons (Fsp3) is 0.0625. The molecule has 0 saturated heterocycles. The van der Waals surface area contributed by atoms with Crippen LogP contribution in [0.5, 0.6) is 0 Å². The molecule has 2 aromatic carbocycles. The van der Waals surface area contributed by atoms with Crippen molar-refractivity contribution in [3.05, 3.63) is 72.3 Å². The van der Waals surface area contributed by atoms with E-state index in [1.54, 1.807) is 13.1 Å². The first kappa shape index (κ1) is 12.9. The molecule has 2 N–H and O–H groups in total. The summed E-state index contributed by atoms with van der Waals surface area (Å²) >= 11 is 0. The van der Waals surface area contributed by atoms with Crippen molar-refractivity contribution in [3.8, 4) is 0 Å². The molecular weight excluding hydrogens is 236 g/mol.